The molecule has 2 heterocycles. The quantitative estimate of drug-likeness (QED) is 0.524. The SMILES string of the molecule is CCc1ccc(Nc2nnc(SCC(=O)N[C@H](C)c3cccs3)s2)cc1. The van der Waals surface area contributed by atoms with Gasteiger partial charge in [-0.05, 0) is 42.5 Å². The summed E-state index contributed by atoms with van der Waals surface area (Å²) in [6.07, 6.45) is 1.02. The molecule has 0 bridgehead atoms. The van der Waals surface area contributed by atoms with Gasteiger partial charge < -0.3 is 10.6 Å². The van der Waals surface area contributed by atoms with Crippen molar-refractivity contribution in [3.05, 3.63) is 52.2 Å². The Morgan fingerprint density at radius 1 is 1.23 bits per heavy atom. The Morgan fingerprint density at radius 3 is 2.73 bits per heavy atom. The number of hydrogen-bond acceptors (Lipinski definition) is 7. The first-order valence-corrected chi connectivity index (χ1v) is 11.0. The Bertz CT molecular complexity index is 831. The van der Waals surface area contributed by atoms with Gasteiger partial charge >= 0.3 is 0 Å². The van der Waals surface area contributed by atoms with E-state index in [-0.39, 0.29) is 11.9 Å². The van der Waals surface area contributed by atoms with Crippen LogP contribution >= 0.6 is 34.4 Å². The Hall–Kier alpha value is -1.90. The van der Waals surface area contributed by atoms with E-state index in [0.29, 0.717) is 5.75 Å². The van der Waals surface area contributed by atoms with Crippen molar-refractivity contribution in [1.82, 2.24) is 15.5 Å². The molecule has 0 fully saturated rings. The number of carbonyl (C=O) groups excluding carboxylic acids is 1. The molecule has 2 aromatic heterocycles. The lowest BCUT2D eigenvalue weighted by Crippen LogP contribution is -2.27. The zero-order valence-electron chi connectivity index (χ0n) is 14.6. The van der Waals surface area contributed by atoms with Gasteiger partial charge in [0.15, 0.2) is 4.34 Å². The fourth-order valence-electron chi connectivity index (χ4n) is 2.29. The molecular formula is C18H20N4OS3. The second-order valence-corrected chi connectivity index (χ2v) is 8.82. The van der Waals surface area contributed by atoms with Crippen molar-refractivity contribution in [3.8, 4) is 0 Å². The maximum absolute atomic E-state index is 12.1. The number of benzene rings is 1. The van der Waals surface area contributed by atoms with E-state index in [1.165, 1.54) is 28.7 Å². The van der Waals surface area contributed by atoms with Crippen LogP contribution in [-0.2, 0) is 11.2 Å². The Balaban J connectivity index is 1.47. The van der Waals surface area contributed by atoms with Gasteiger partial charge in [-0.15, -0.1) is 21.5 Å². The summed E-state index contributed by atoms with van der Waals surface area (Å²) in [5, 5.41) is 17.3. The smallest absolute Gasteiger partial charge is 0.230 e. The molecule has 0 radical (unpaired) electrons. The van der Waals surface area contributed by atoms with Crippen molar-refractivity contribution >= 4 is 51.2 Å². The van der Waals surface area contributed by atoms with Gasteiger partial charge in [-0.3, -0.25) is 4.79 Å². The maximum atomic E-state index is 12.1. The minimum atomic E-state index is -0.00392. The van der Waals surface area contributed by atoms with Crippen LogP contribution in [0.2, 0.25) is 0 Å². The molecule has 26 heavy (non-hydrogen) atoms. The average Bonchev–Trinajstić information content (AvgIpc) is 3.33. The molecule has 3 rings (SSSR count). The van der Waals surface area contributed by atoms with Crippen molar-refractivity contribution in [1.29, 1.82) is 0 Å². The average molecular weight is 405 g/mol. The molecule has 0 aliphatic heterocycles. The van der Waals surface area contributed by atoms with E-state index in [9.17, 15) is 4.79 Å². The van der Waals surface area contributed by atoms with Crippen molar-refractivity contribution in [2.75, 3.05) is 11.1 Å². The lowest BCUT2D eigenvalue weighted by atomic mass is 10.1. The van der Waals surface area contributed by atoms with Gasteiger partial charge in [-0.2, -0.15) is 0 Å². The summed E-state index contributed by atoms with van der Waals surface area (Å²) in [5.41, 5.74) is 2.28. The maximum Gasteiger partial charge on any atom is 0.230 e. The molecule has 3 aromatic rings. The molecule has 136 valence electrons. The second-order valence-electron chi connectivity index (χ2n) is 5.64. The number of nitrogens with zero attached hydrogens (tertiary/aromatic N) is 2. The second kappa shape index (κ2) is 9.16. The third-order valence-electron chi connectivity index (χ3n) is 3.69. The number of thiophene rings is 1. The predicted octanol–water partition coefficient (Wildman–Crippen LogP) is 4.88. The predicted molar refractivity (Wildman–Crippen MR) is 111 cm³/mol. The highest BCUT2D eigenvalue weighted by Crippen LogP contribution is 2.28. The number of rotatable bonds is 8. The third kappa shape index (κ3) is 5.30. The van der Waals surface area contributed by atoms with Crippen molar-refractivity contribution < 1.29 is 4.79 Å². The molecule has 1 amide bonds. The molecule has 8 heteroatoms. The number of hydrogen-bond donors (Lipinski definition) is 2. The first-order valence-electron chi connectivity index (χ1n) is 8.29. The van der Waals surface area contributed by atoms with Gasteiger partial charge in [-0.25, -0.2) is 0 Å². The summed E-state index contributed by atoms with van der Waals surface area (Å²) >= 11 is 4.49. The number of carbonyl (C=O) groups is 1. The molecule has 0 unspecified atom stereocenters. The molecule has 0 spiro atoms. The minimum Gasteiger partial charge on any atom is -0.348 e. The molecule has 0 aliphatic rings. The highest BCUT2D eigenvalue weighted by atomic mass is 32.2. The third-order valence-corrected chi connectivity index (χ3v) is 6.72. The summed E-state index contributed by atoms with van der Waals surface area (Å²) in [6.45, 7) is 4.12. The van der Waals surface area contributed by atoms with Gasteiger partial charge in [0.25, 0.3) is 0 Å². The summed E-state index contributed by atoms with van der Waals surface area (Å²) in [4.78, 5) is 13.2. The number of aromatic nitrogens is 2. The fourth-order valence-corrected chi connectivity index (χ4v) is 4.60. The Kier molecular flexibility index (Phi) is 6.65. The molecule has 0 saturated carbocycles. The van der Waals surface area contributed by atoms with Gasteiger partial charge in [0.2, 0.25) is 11.0 Å². The van der Waals surface area contributed by atoms with Gasteiger partial charge in [0.1, 0.15) is 0 Å². The Morgan fingerprint density at radius 2 is 2.04 bits per heavy atom. The topological polar surface area (TPSA) is 66.9 Å². The van der Waals surface area contributed by atoms with Gasteiger partial charge in [-0.1, -0.05) is 48.2 Å². The number of anilines is 2. The lowest BCUT2D eigenvalue weighted by Gasteiger charge is -2.11. The highest BCUT2D eigenvalue weighted by Gasteiger charge is 2.12. The molecule has 1 aromatic carbocycles. The van der Waals surface area contributed by atoms with Crippen LogP contribution in [0.4, 0.5) is 10.8 Å². The summed E-state index contributed by atoms with van der Waals surface area (Å²) < 4.78 is 0.775. The standard InChI is InChI=1S/C18H20N4OS3/c1-3-13-6-8-14(9-7-13)20-17-21-22-18(26-17)25-11-16(23)19-12(2)15-5-4-10-24-15/h4-10,12H,3,11H2,1-2H3,(H,19,23)(H,20,21)/t12-/m1/s1. The fraction of sp³-hybridized carbons (Fsp3) is 0.278. The molecule has 2 N–H and O–H groups in total. The lowest BCUT2D eigenvalue weighted by molar-refractivity contribution is -0.119. The molecular weight excluding hydrogens is 384 g/mol. The molecule has 1 atom stereocenters. The van der Waals surface area contributed by atoms with Crippen LogP contribution in [0.5, 0.6) is 0 Å². The van der Waals surface area contributed by atoms with E-state index < -0.39 is 0 Å². The normalized spacial score (nSPS) is 11.9. The molecule has 0 aliphatic carbocycles. The zero-order valence-corrected chi connectivity index (χ0v) is 17.0. The van der Waals surface area contributed by atoms with Gasteiger partial charge in [0, 0.05) is 10.6 Å². The van der Waals surface area contributed by atoms with E-state index in [2.05, 4.69) is 39.9 Å². The van der Waals surface area contributed by atoms with Crippen LogP contribution in [0, 0.1) is 0 Å². The van der Waals surface area contributed by atoms with Crippen LogP contribution in [0.3, 0.4) is 0 Å². The van der Waals surface area contributed by atoms with Crippen LogP contribution < -0.4 is 10.6 Å². The Labute approximate surface area is 165 Å². The van der Waals surface area contributed by atoms with E-state index in [1.54, 1.807) is 11.3 Å². The van der Waals surface area contributed by atoms with Crippen molar-refractivity contribution in [2.45, 2.75) is 30.6 Å². The van der Waals surface area contributed by atoms with Crippen molar-refractivity contribution in [2.24, 2.45) is 0 Å². The van der Waals surface area contributed by atoms with E-state index in [4.69, 9.17) is 0 Å². The van der Waals surface area contributed by atoms with Crippen LogP contribution in [0.15, 0.2) is 46.1 Å². The largest absolute Gasteiger partial charge is 0.348 e. The first kappa shape index (κ1) is 18.9. The number of aryl methyl sites for hydroxylation is 1. The van der Waals surface area contributed by atoms with E-state index in [1.807, 2.05) is 36.6 Å². The summed E-state index contributed by atoms with van der Waals surface area (Å²) in [7, 11) is 0. The highest BCUT2D eigenvalue weighted by molar-refractivity contribution is 8.01. The van der Waals surface area contributed by atoms with E-state index >= 15 is 0 Å². The van der Waals surface area contributed by atoms with E-state index in [0.717, 1.165) is 26.5 Å². The number of nitrogens with one attached hydrogen (secondary N) is 2. The molecule has 0 saturated heterocycles. The first-order chi connectivity index (χ1) is 12.6. The summed E-state index contributed by atoms with van der Waals surface area (Å²) in [6, 6.07) is 12.3. The van der Waals surface area contributed by atoms with Gasteiger partial charge in [0.05, 0.1) is 11.8 Å². The monoisotopic (exact) mass is 404 g/mol. The zero-order chi connectivity index (χ0) is 18.4. The van der Waals surface area contributed by atoms with Crippen LogP contribution in [0.1, 0.15) is 30.3 Å². The van der Waals surface area contributed by atoms with Crippen LogP contribution in [-0.4, -0.2) is 21.9 Å². The number of amides is 1. The number of thioether (sulfide) groups is 1. The van der Waals surface area contributed by atoms with Crippen molar-refractivity contribution in [3.63, 3.8) is 0 Å². The summed E-state index contributed by atoms with van der Waals surface area (Å²) in [5.74, 6) is 0.325. The minimum absolute atomic E-state index is 0.00392. The molecule has 5 nitrogen and oxygen atoms in total. The van der Waals surface area contributed by atoms with Crippen LogP contribution in [0.25, 0.3) is 0 Å².